The average Bonchev–Trinajstić information content (AvgIpc) is 2.54. The van der Waals surface area contributed by atoms with Crippen molar-refractivity contribution in [1.29, 1.82) is 0 Å². The number of pyridine rings is 1. The second kappa shape index (κ2) is 6.90. The number of hydrogen-bond acceptors (Lipinski definition) is 5. The van der Waals surface area contributed by atoms with E-state index in [2.05, 4.69) is 9.98 Å². The predicted octanol–water partition coefficient (Wildman–Crippen LogP) is 2.90. The first-order valence-corrected chi connectivity index (χ1v) is 8.11. The quantitative estimate of drug-likeness (QED) is 0.849. The summed E-state index contributed by atoms with van der Waals surface area (Å²) in [5.74, 6) is -0.708. The molecule has 2 N–H and O–H groups in total. The molecule has 0 saturated heterocycles. The Labute approximate surface area is 149 Å². The van der Waals surface area contributed by atoms with Crippen LogP contribution in [-0.2, 0) is 16.7 Å². The van der Waals surface area contributed by atoms with Crippen molar-refractivity contribution in [2.75, 3.05) is 13.2 Å². The van der Waals surface area contributed by atoms with Gasteiger partial charge in [-0.25, -0.2) is 9.37 Å². The number of nitrogens with two attached hydrogens (primary N) is 1. The fraction of sp³-hybridized carbons (Fsp3) is 0.278. The number of nitrogens with zero attached hydrogens (tertiary/aromatic N) is 2. The Balaban J connectivity index is 1.85. The van der Waals surface area contributed by atoms with Crippen molar-refractivity contribution >= 4 is 23.2 Å². The third-order valence-corrected chi connectivity index (χ3v) is 4.22. The maximum absolute atomic E-state index is 13.9. The zero-order valence-corrected chi connectivity index (χ0v) is 14.4. The molecule has 2 heterocycles. The van der Waals surface area contributed by atoms with Crippen LogP contribution in [0.3, 0.4) is 0 Å². The van der Waals surface area contributed by atoms with Crippen LogP contribution in [0.2, 0.25) is 5.02 Å². The number of amidine groups is 1. The minimum atomic E-state index is -0.723. The molecule has 3 rings (SSSR count). The first kappa shape index (κ1) is 17.5. The summed E-state index contributed by atoms with van der Waals surface area (Å²) in [6.07, 6.45) is 1.28. The van der Waals surface area contributed by atoms with Crippen LogP contribution in [0.1, 0.15) is 28.5 Å². The molecule has 0 radical (unpaired) electrons. The topological polar surface area (TPSA) is 77.6 Å². The van der Waals surface area contributed by atoms with E-state index in [-0.39, 0.29) is 17.1 Å². The van der Waals surface area contributed by atoms with E-state index < -0.39 is 17.1 Å². The summed E-state index contributed by atoms with van der Waals surface area (Å²) in [4.78, 5) is 20.6. The van der Waals surface area contributed by atoms with Crippen LogP contribution in [-0.4, -0.2) is 29.8 Å². The Bertz CT molecular complexity index is 856. The third kappa shape index (κ3) is 3.86. The lowest BCUT2D eigenvalue weighted by Crippen LogP contribution is -2.37. The Kier molecular flexibility index (Phi) is 4.83. The van der Waals surface area contributed by atoms with Crippen LogP contribution >= 0.6 is 11.6 Å². The SMILES string of the molecule is CC1(c2cccc(CC(=O)c3ncc(Cl)cc3F)c2)COCC(N)=N1. The van der Waals surface area contributed by atoms with Crippen LogP contribution in [0, 0.1) is 5.82 Å². The van der Waals surface area contributed by atoms with E-state index in [1.807, 2.05) is 25.1 Å². The summed E-state index contributed by atoms with van der Waals surface area (Å²) in [6, 6.07) is 8.47. The van der Waals surface area contributed by atoms with Crippen LogP contribution in [0.4, 0.5) is 4.39 Å². The number of rotatable bonds is 4. The Morgan fingerprint density at radius 2 is 2.24 bits per heavy atom. The Morgan fingerprint density at radius 1 is 1.44 bits per heavy atom. The minimum Gasteiger partial charge on any atom is -0.386 e. The van der Waals surface area contributed by atoms with Gasteiger partial charge in [0.05, 0.1) is 11.6 Å². The molecule has 1 aromatic heterocycles. The van der Waals surface area contributed by atoms with E-state index in [0.29, 0.717) is 19.0 Å². The second-order valence-corrected chi connectivity index (χ2v) is 6.59. The lowest BCUT2D eigenvalue weighted by Gasteiger charge is -2.30. The van der Waals surface area contributed by atoms with Crippen molar-refractivity contribution in [1.82, 2.24) is 4.98 Å². The van der Waals surface area contributed by atoms with Gasteiger partial charge < -0.3 is 10.5 Å². The van der Waals surface area contributed by atoms with Gasteiger partial charge in [0.1, 0.15) is 23.7 Å². The molecule has 130 valence electrons. The fourth-order valence-electron chi connectivity index (χ4n) is 2.79. The van der Waals surface area contributed by atoms with Gasteiger partial charge in [-0.1, -0.05) is 35.9 Å². The highest BCUT2D eigenvalue weighted by Crippen LogP contribution is 2.29. The van der Waals surface area contributed by atoms with Crippen LogP contribution < -0.4 is 5.73 Å². The summed E-state index contributed by atoms with van der Waals surface area (Å²) in [5.41, 5.74) is 6.57. The van der Waals surface area contributed by atoms with Gasteiger partial charge in [0, 0.05) is 12.6 Å². The van der Waals surface area contributed by atoms with Crippen molar-refractivity contribution < 1.29 is 13.9 Å². The van der Waals surface area contributed by atoms with Gasteiger partial charge >= 0.3 is 0 Å². The molecule has 1 aliphatic rings. The normalized spacial score (nSPS) is 20.2. The minimum absolute atomic E-state index is 0.0233. The Morgan fingerprint density at radius 3 is 2.96 bits per heavy atom. The zero-order chi connectivity index (χ0) is 18.0. The third-order valence-electron chi connectivity index (χ3n) is 4.01. The van der Waals surface area contributed by atoms with E-state index in [4.69, 9.17) is 22.1 Å². The highest BCUT2D eigenvalue weighted by Gasteiger charge is 2.30. The number of carbonyl (C=O) groups excluding carboxylic acids is 1. The van der Waals surface area contributed by atoms with E-state index >= 15 is 0 Å². The highest BCUT2D eigenvalue weighted by molar-refractivity contribution is 6.30. The van der Waals surface area contributed by atoms with Crippen LogP contribution in [0.15, 0.2) is 41.5 Å². The van der Waals surface area contributed by atoms with Crippen molar-refractivity contribution in [3.8, 4) is 0 Å². The van der Waals surface area contributed by atoms with Crippen LogP contribution in [0.5, 0.6) is 0 Å². The predicted molar refractivity (Wildman–Crippen MR) is 93.5 cm³/mol. The van der Waals surface area contributed by atoms with Gasteiger partial charge in [0.25, 0.3) is 0 Å². The van der Waals surface area contributed by atoms with Crippen molar-refractivity contribution in [3.05, 3.63) is 64.2 Å². The maximum Gasteiger partial charge on any atom is 0.188 e. The molecule has 5 nitrogen and oxygen atoms in total. The number of ether oxygens (including phenoxy) is 1. The molecule has 1 unspecified atom stereocenters. The second-order valence-electron chi connectivity index (χ2n) is 6.15. The molecule has 1 aromatic carbocycles. The first-order chi connectivity index (χ1) is 11.9. The molecule has 1 atom stereocenters. The largest absolute Gasteiger partial charge is 0.386 e. The van der Waals surface area contributed by atoms with E-state index in [1.54, 1.807) is 6.07 Å². The molecule has 0 spiro atoms. The lowest BCUT2D eigenvalue weighted by molar-refractivity contribution is 0.0983. The molecular formula is C18H17ClFN3O2. The summed E-state index contributed by atoms with van der Waals surface area (Å²) in [7, 11) is 0. The van der Waals surface area contributed by atoms with Gasteiger partial charge in [-0.2, -0.15) is 0 Å². The number of hydrogen-bond donors (Lipinski definition) is 1. The van der Waals surface area contributed by atoms with Gasteiger partial charge in [-0.05, 0) is 24.1 Å². The molecule has 1 aliphatic heterocycles. The van der Waals surface area contributed by atoms with Crippen molar-refractivity contribution in [3.63, 3.8) is 0 Å². The van der Waals surface area contributed by atoms with Crippen LogP contribution in [0.25, 0.3) is 0 Å². The summed E-state index contributed by atoms with van der Waals surface area (Å²) < 4.78 is 19.3. The molecule has 25 heavy (non-hydrogen) atoms. The first-order valence-electron chi connectivity index (χ1n) is 7.73. The monoisotopic (exact) mass is 361 g/mol. The van der Waals surface area contributed by atoms with E-state index in [1.165, 1.54) is 6.20 Å². The number of ketones is 1. The highest BCUT2D eigenvalue weighted by atomic mass is 35.5. The lowest BCUT2D eigenvalue weighted by atomic mass is 9.90. The van der Waals surface area contributed by atoms with Gasteiger partial charge in [0.2, 0.25) is 0 Å². The van der Waals surface area contributed by atoms with E-state index in [0.717, 1.165) is 17.2 Å². The molecule has 0 aliphatic carbocycles. The number of halogens is 2. The standard InChI is InChI=1S/C18H17ClFN3O2/c1-18(10-25-9-16(21)23-18)12-4-2-3-11(5-12)6-15(24)17-14(20)7-13(19)8-22-17/h2-5,7-8H,6,9-10H2,1H3,(H2,21,23). The van der Waals surface area contributed by atoms with Gasteiger partial charge in [-0.3, -0.25) is 9.79 Å². The summed E-state index contributed by atoms with van der Waals surface area (Å²) >= 11 is 5.67. The molecule has 2 aromatic rings. The number of benzene rings is 1. The Hall–Kier alpha value is -2.31. The summed E-state index contributed by atoms with van der Waals surface area (Å²) in [5, 5.41) is 0.150. The molecule has 7 heteroatoms. The smallest absolute Gasteiger partial charge is 0.188 e. The average molecular weight is 362 g/mol. The number of Topliss-reactive ketones (excluding diaryl/α,β-unsaturated/α-hetero) is 1. The molecule has 0 bridgehead atoms. The maximum atomic E-state index is 13.9. The molecule has 0 amide bonds. The van der Waals surface area contributed by atoms with Crippen molar-refractivity contribution in [2.24, 2.45) is 10.7 Å². The molecular weight excluding hydrogens is 345 g/mol. The van der Waals surface area contributed by atoms with Gasteiger partial charge in [-0.15, -0.1) is 0 Å². The van der Waals surface area contributed by atoms with E-state index in [9.17, 15) is 9.18 Å². The van der Waals surface area contributed by atoms with Crippen molar-refractivity contribution in [2.45, 2.75) is 18.9 Å². The molecule has 0 fully saturated rings. The molecule has 0 saturated carbocycles. The zero-order valence-electron chi connectivity index (χ0n) is 13.6. The number of aliphatic imine (C=N–C) groups is 1. The number of carbonyl (C=O) groups is 1. The number of aromatic nitrogens is 1. The van der Waals surface area contributed by atoms with Gasteiger partial charge in [0.15, 0.2) is 11.6 Å². The fourth-order valence-corrected chi connectivity index (χ4v) is 2.93. The summed E-state index contributed by atoms with van der Waals surface area (Å²) in [6.45, 7) is 2.63.